The Morgan fingerprint density at radius 1 is 1.05 bits per heavy atom. The van der Waals surface area contributed by atoms with Crippen LogP contribution < -0.4 is 9.47 Å². The Morgan fingerprint density at radius 3 is 2.41 bits per heavy atom. The second-order valence-electron chi connectivity index (χ2n) is 4.48. The van der Waals surface area contributed by atoms with E-state index in [0.717, 1.165) is 11.6 Å². The van der Waals surface area contributed by atoms with Crippen molar-refractivity contribution in [3.63, 3.8) is 0 Å². The molecular formula is C17H16O5. The largest absolute Gasteiger partial charge is 0.508 e. The Hall–Kier alpha value is -2.95. The SMILES string of the molecule is COc1ccccc1/C=C/C(=O)c1c(O)cc(O)cc1OC. The van der Waals surface area contributed by atoms with E-state index in [0.29, 0.717) is 5.75 Å². The van der Waals surface area contributed by atoms with Crippen molar-refractivity contribution in [2.45, 2.75) is 0 Å². The van der Waals surface area contributed by atoms with Crippen molar-refractivity contribution in [3.8, 4) is 23.0 Å². The quantitative estimate of drug-likeness (QED) is 0.655. The van der Waals surface area contributed by atoms with Crippen molar-refractivity contribution in [2.75, 3.05) is 14.2 Å². The molecular weight excluding hydrogens is 284 g/mol. The van der Waals surface area contributed by atoms with Gasteiger partial charge in [-0.3, -0.25) is 4.79 Å². The van der Waals surface area contributed by atoms with Gasteiger partial charge in [0.05, 0.1) is 14.2 Å². The molecule has 2 aromatic rings. The minimum atomic E-state index is -0.444. The number of aromatic hydroxyl groups is 2. The van der Waals surface area contributed by atoms with E-state index in [1.165, 1.54) is 19.3 Å². The van der Waals surface area contributed by atoms with Crippen molar-refractivity contribution in [1.82, 2.24) is 0 Å². The summed E-state index contributed by atoms with van der Waals surface area (Å²) in [6.45, 7) is 0. The molecule has 0 aliphatic carbocycles. The fourth-order valence-electron chi connectivity index (χ4n) is 2.05. The monoisotopic (exact) mass is 300 g/mol. The summed E-state index contributed by atoms with van der Waals surface area (Å²) < 4.78 is 10.2. The van der Waals surface area contributed by atoms with Gasteiger partial charge in [0, 0.05) is 17.7 Å². The molecule has 0 saturated carbocycles. The lowest BCUT2D eigenvalue weighted by molar-refractivity contribution is 0.104. The summed E-state index contributed by atoms with van der Waals surface area (Å²) in [7, 11) is 2.90. The van der Waals surface area contributed by atoms with Crippen molar-refractivity contribution >= 4 is 11.9 Å². The Morgan fingerprint density at radius 2 is 1.73 bits per heavy atom. The van der Waals surface area contributed by atoms with E-state index in [2.05, 4.69) is 0 Å². The van der Waals surface area contributed by atoms with Gasteiger partial charge in [-0.2, -0.15) is 0 Å². The molecule has 0 atom stereocenters. The molecule has 114 valence electrons. The number of para-hydroxylation sites is 1. The maximum absolute atomic E-state index is 12.3. The molecule has 0 bridgehead atoms. The molecule has 2 rings (SSSR count). The number of methoxy groups -OCH3 is 2. The number of phenols is 2. The van der Waals surface area contributed by atoms with E-state index in [1.807, 2.05) is 12.1 Å². The fraction of sp³-hybridized carbons (Fsp3) is 0.118. The van der Waals surface area contributed by atoms with Gasteiger partial charge in [0.2, 0.25) is 0 Å². The molecule has 0 heterocycles. The van der Waals surface area contributed by atoms with E-state index in [-0.39, 0.29) is 22.8 Å². The molecule has 0 amide bonds. The second kappa shape index (κ2) is 6.67. The third-order valence-corrected chi connectivity index (χ3v) is 3.09. The van der Waals surface area contributed by atoms with Gasteiger partial charge >= 0.3 is 0 Å². The minimum Gasteiger partial charge on any atom is -0.508 e. The Balaban J connectivity index is 2.35. The molecule has 2 N–H and O–H groups in total. The zero-order chi connectivity index (χ0) is 16.1. The van der Waals surface area contributed by atoms with Crippen LogP contribution in [-0.2, 0) is 0 Å². The zero-order valence-corrected chi connectivity index (χ0v) is 12.2. The van der Waals surface area contributed by atoms with Crippen LogP contribution in [0.5, 0.6) is 23.0 Å². The highest BCUT2D eigenvalue weighted by Crippen LogP contribution is 2.33. The molecule has 0 radical (unpaired) electrons. The van der Waals surface area contributed by atoms with Crippen LogP contribution in [0.1, 0.15) is 15.9 Å². The average Bonchev–Trinajstić information content (AvgIpc) is 2.52. The molecule has 5 heteroatoms. The fourth-order valence-corrected chi connectivity index (χ4v) is 2.05. The molecule has 2 aromatic carbocycles. The molecule has 0 aliphatic heterocycles. The normalized spacial score (nSPS) is 10.6. The van der Waals surface area contributed by atoms with Crippen LogP contribution in [0.2, 0.25) is 0 Å². The molecule has 0 fully saturated rings. The molecule has 5 nitrogen and oxygen atoms in total. The molecule has 22 heavy (non-hydrogen) atoms. The van der Waals surface area contributed by atoms with E-state index in [4.69, 9.17) is 9.47 Å². The molecule has 0 aromatic heterocycles. The second-order valence-corrected chi connectivity index (χ2v) is 4.48. The predicted octanol–water partition coefficient (Wildman–Crippen LogP) is 3.01. The summed E-state index contributed by atoms with van der Waals surface area (Å²) in [6, 6.07) is 9.59. The summed E-state index contributed by atoms with van der Waals surface area (Å²) in [4.78, 5) is 12.3. The van der Waals surface area contributed by atoms with Crippen LogP contribution in [0.15, 0.2) is 42.5 Å². The zero-order valence-electron chi connectivity index (χ0n) is 12.2. The maximum Gasteiger partial charge on any atom is 0.193 e. The molecule has 0 unspecified atom stereocenters. The van der Waals surface area contributed by atoms with Crippen LogP contribution in [0.25, 0.3) is 6.08 Å². The van der Waals surface area contributed by atoms with Gasteiger partial charge in [-0.25, -0.2) is 0 Å². The summed E-state index contributed by atoms with van der Waals surface area (Å²) in [6.07, 6.45) is 2.90. The van der Waals surface area contributed by atoms with Crippen molar-refractivity contribution in [3.05, 3.63) is 53.6 Å². The summed E-state index contributed by atoms with van der Waals surface area (Å²) in [5.41, 5.74) is 0.724. The summed E-state index contributed by atoms with van der Waals surface area (Å²) in [5, 5.41) is 19.3. The Labute approximate surface area is 128 Å². The molecule has 0 aliphatic rings. The van der Waals surface area contributed by atoms with Crippen molar-refractivity contribution < 1.29 is 24.5 Å². The number of rotatable bonds is 5. The number of phenolic OH excluding ortho intramolecular Hbond substituents is 2. The Bertz CT molecular complexity index is 719. The van der Waals surface area contributed by atoms with Crippen molar-refractivity contribution in [2.24, 2.45) is 0 Å². The Kier molecular flexibility index (Phi) is 4.68. The van der Waals surface area contributed by atoms with E-state index >= 15 is 0 Å². The van der Waals surface area contributed by atoms with Gasteiger partial charge in [-0.15, -0.1) is 0 Å². The smallest absolute Gasteiger partial charge is 0.193 e. The summed E-state index contributed by atoms with van der Waals surface area (Å²) in [5.74, 6) is -0.230. The van der Waals surface area contributed by atoms with E-state index in [9.17, 15) is 15.0 Å². The maximum atomic E-state index is 12.3. The number of allylic oxidation sites excluding steroid dienone is 1. The number of hydrogen-bond donors (Lipinski definition) is 2. The topological polar surface area (TPSA) is 76.0 Å². The number of ether oxygens (including phenoxy) is 2. The lowest BCUT2D eigenvalue weighted by Crippen LogP contribution is -1.99. The van der Waals surface area contributed by atoms with E-state index in [1.54, 1.807) is 25.3 Å². The number of carbonyl (C=O) groups is 1. The van der Waals surface area contributed by atoms with Crippen molar-refractivity contribution in [1.29, 1.82) is 0 Å². The lowest BCUT2D eigenvalue weighted by atomic mass is 10.1. The number of benzene rings is 2. The highest BCUT2D eigenvalue weighted by Gasteiger charge is 2.16. The van der Waals surface area contributed by atoms with Gasteiger partial charge < -0.3 is 19.7 Å². The average molecular weight is 300 g/mol. The first kappa shape index (κ1) is 15.4. The predicted molar refractivity (Wildman–Crippen MR) is 82.7 cm³/mol. The van der Waals surface area contributed by atoms with Gasteiger partial charge in [0.15, 0.2) is 5.78 Å². The van der Waals surface area contributed by atoms with Crippen LogP contribution in [0, 0.1) is 0 Å². The number of carbonyl (C=O) groups excluding carboxylic acids is 1. The van der Waals surface area contributed by atoms with Gasteiger partial charge in [0.25, 0.3) is 0 Å². The van der Waals surface area contributed by atoms with Crippen LogP contribution in [0.3, 0.4) is 0 Å². The number of ketones is 1. The first-order valence-corrected chi connectivity index (χ1v) is 6.52. The van der Waals surface area contributed by atoms with Gasteiger partial charge in [-0.1, -0.05) is 18.2 Å². The van der Waals surface area contributed by atoms with Crippen LogP contribution in [-0.4, -0.2) is 30.2 Å². The molecule has 0 saturated heterocycles. The van der Waals surface area contributed by atoms with Crippen LogP contribution >= 0.6 is 0 Å². The van der Waals surface area contributed by atoms with Crippen LogP contribution in [0.4, 0.5) is 0 Å². The van der Waals surface area contributed by atoms with E-state index < -0.39 is 5.78 Å². The third kappa shape index (κ3) is 3.20. The first-order valence-electron chi connectivity index (χ1n) is 6.52. The third-order valence-electron chi connectivity index (χ3n) is 3.09. The minimum absolute atomic E-state index is 0.00792. The standard InChI is InChI=1S/C17H16O5/c1-21-15-6-4-3-5-11(15)7-8-13(19)17-14(20)9-12(18)10-16(17)22-2/h3-10,18,20H,1-2H3/b8-7+. The number of hydrogen-bond acceptors (Lipinski definition) is 5. The van der Waals surface area contributed by atoms with Gasteiger partial charge in [-0.05, 0) is 18.2 Å². The highest BCUT2D eigenvalue weighted by molar-refractivity contribution is 6.10. The molecule has 0 spiro atoms. The summed E-state index contributed by atoms with van der Waals surface area (Å²) >= 11 is 0. The lowest BCUT2D eigenvalue weighted by Gasteiger charge is -2.08. The first-order chi connectivity index (χ1) is 10.6. The highest BCUT2D eigenvalue weighted by atomic mass is 16.5. The van der Waals surface area contributed by atoms with Gasteiger partial charge in [0.1, 0.15) is 28.6 Å².